The average Bonchev–Trinajstić information content (AvgIpc) is 3.07. The molecular weight excluding hydrogens is 314 g/mol. The molecule has 0 radical (unpaired) electrons. The highest BCUT2D eigenvalue weighted by Gasteiger charge is 2.17. The number of hydrogen-bond donors (Lipinski definition) is 2. The summed E-state index contributed by atoms with van der Waals surface area (Å²) in [5.41, 5.74) is 2.88. The summed E-state index contributed by atoms with van der Waals surface area (Å²) < 4.78 is 0. The zero-order chi connectivity index (χ0) is 17.6. The Morgan fingerprint density at radius 2 is 2.08 bits per heavy atom. The molecule has 0 saturated heterocycles. The van der Waals surface area contributed by atoms with Gasteiger partial charge in [0.05, 0.1) is 6.61 Å². The summed E-state index contributed by atoms with van der Waals surface area (Å²) in [6, 6.07) is 9.72. The van der Waals surface area contributed by atoms with E-state index in [2.05, 4.69) is 22.0 Å². The first-order valence-corrected chi connectivity index (χ1v) is 9.13. The van der Waals surface area contributed by atoms with E-state index in [-0.39, 0.29) is 12.2 Å². The van der Waals surface area contributed by atoms with Crippen LogP contribution in [0.3, 0.4) is 0 Å². The van der Waals surface area contributed by atoms with Crippen LogP contribution in [0.2, 0.25) is 0 Å². The van der Waals surface area contributed by atoms with Gasteiger partial charge in [0.1, 0.15) is 5.82 Å². The molecule has 134 valence electrons. The molecule has 25 heavy (non-hydrogen) atoms. The SMILES string of the molecule is CN(CCO)Cc1cccc(-c2nc(CC3CCCC3)cc(=O)[nH]2)c1. The van der Waals surface area contributed by atoms with Crippen LogP contribution in [0, 0.1) is 5.92 Å². The van der Waals surface area contributed by atoms with Gasteiger partial charge in [0.15, 0.2) is 0 Å². The Morgan fingerprint density at radius 3 is 2.84 bits per heavy atom. The maximum Gasteiger partial charge on any atom is 0.251 e. The Kier molecular flexibility index (Phi) is 6.00. The summed E-state index contributed by atoms with van der Waals surface area (Å²) >= 11 is 0. The summed E-state index contributed by atoms with van der Waals surface area (Å²) in [6.07, 6.45) is 5.98. The average molecular weight is 341 g/mol. The van der Waals surface area contributed by atoms with Crippen LogP contribution in [0.25, 0.3) is 11.4 Å². The molecular formula is C20H27N3O2. The lowest BCUT2D eigenvalue weighted by Gasteiger charge is -2.15. The molecule has 1 aliphatic carbocycles. The first kappa shape index (κ1) is 17.8. The van der Waals surface area contributed by atoms with Crippen LogP contribution < -0.4 is 5.56 Å². The van der Waals surface area contributed by atoms with Crippen LogP contribution in [0.4, 0.5) is 0 Å². The predicted octanol–water partition coefficient (Wildman–Crippen LogP) is 2.59. The lowest BCUT2D eigenvalue weighted by molar-refractivity contribution is 0.217. The minimum atomic E-state index is -0.0826. The molecule has 1 fully saturated rings. The van der Waals surface area contributed by atoms with Crippen molar-refractivity contribution in [2.75, 3.05) is 20.2 Å². The van der Waals surface area contributed by atoms with Gasteiger partial charge in [-0.3, -0.25) is 9.69 Å². The third-order valence-electron chi connectivity index (χ3n) is 4.90. The fraction of sp³-hybridized carbons (Fsp3) is 0.500. The van der Waals surface area contributed by atoms with Crippen molar-refractivity contribution in [3.63, 3.8) is 0 Å². The Balaban J connectivity index is 1.80. The van der Waals surface area contributed by atoms with Crippen molar-refractivity contribution >= 4 is 0 Å². The van der Waals surface area contributed by atoms with Gasteiger partial charge in [0, 0.05) is 30.4 Å². The quantitative estimate of drug-likeness (QED) is 0.812. The van der Waals surface area contributed by atoms with E-state index in [1.807, 2.05) is 19.2 Å². The van der Waals surface area contributed by atoms with Crippen molar-refractivity contribution in [2.24, 2.45) is 5.92 Å². The number of H-pyrrole nitrogens is 1. The number of nitrogens with zero attached hydrogens (tertiary/aromatic N) is 2. The summed E-state index contributed by atoms with van der Waals surface area (Å²) in [4.78, 5) is 21.7. The van der Waals surface area contributed by atoms with Gasteiger partial charge in [-0.05, 0) is 31.0 Å². The van der Waals surface area contributed by atoms with Crippen LogP contribution in [0.1, 0.15) is 36.9 Å². The van der Waals surface area contributed by atoms with Gasteiger partial charge in [0.25, 0.3) is 5.56 Å². The van der Waals surface area contributed by atoms with Crippen molar-refractivity contribution in [3.05, 3.63) is 51.9 Å². The number of nitrogens with one attached hydrogen (secondary N) is 1. The number of aliphatic hydroxyl groups is 1. The van der Waals surface area contributed by atoms with Gasteiger partial charge < -0.3 is 10.1 Å². The number of hydrogen-bond acceptors (Lipinski definition) is 4. The van der Waals surface area contributed by atoms with Gasteiger partial charge in [-0.1, -0.05) is 43.9 Å². The lowest BCUT2D eigenvalue weighted by atomic mass is 10.0. The minimum absolute atomic E-state index is 0.0826. The van der Waals surface area contributed by atoms with Crippen LogP contribution in [0.15, 0.2) is 35.1 Å². The molecule has 1 aliphatic rings. The summed E-state index contributed by atoms with van der Waals surface area (Å²) in [7, 11) is 1.98. The Morgan fingerprint density at radius 1 is 1.28 bits per heavy atom. The highest BCUT2D eigenvalue weighted by molar-refractivity contribution is 5.56. The molecule has 0 atom stereocenters. The first-order chi connectivity index (χ1) is 12.1. The number of aromatic amines is 1. The van der Waals surface area contributed by atoms with Crippen molar-refractivity contribution in [1.29, 1.82) is 0 Å². The van der Waals surface area contributed by atoms with Crippen LogP contribution >= 0.6 is 0 Å². The Bertz CT molecular complexity index is 751. The zero-order valence-corrected chi connectivity index (χ0v) is 14.9. The second kappa shape index (κ2) is 8.41. The topological polar surface area (TPSA) is 69.2 Å². The maximum atomic E-state index is 12.1. The molecule has 0 unspecified atom stereocenters. The van der Waals surface area contributed by atoms with E-state index in [4.69, 9.17) is 10.1 Å². The van der Waals surface area contributed by atoms with E-state index in [1.54, 1.807) is 6.07 Å². The van der Waals surface area contributed by atoms with Gasteiger partial charge >= 0.3 is 0 Å². The second-order valence-electron chi connectivity index (χ2n) is 7.10. The lowest BCUT2D eigenvalue weighted by Crippen LogP contribution is -2.21. The second-order valence-corrected chi connectivity index (χ2v) is 7.10. The monoisotopic (exact) mass is 341 g/mol. The Labute approximate surface area is 148 Å². The molecule has 0 amide bonds. The predicted molar refractivity (Wildman–Crippen MR) is 99.4 cm³/mol. The standard InChI is InChI=1S/C20H27N3O2/c1-23(9-10-24)14-16-7-4-8-17(11-16)20-21-18(13-19(25)22-20)12-15-5-2-3-6-15/h4,7-8,11,13,15,24H,2-3,5-6,9-10,12,14H2,1H3,(H,21,22,25). The van der Waals surface area contributed by atoms with Crippen LogP contribution in [-0.4, -0.2) is 40.2 Å². The van der Waals surface area contributed by atoms with Crippen LogP contribution in [-0.2, 0) is 13.0 Å². The van der Waals surface area contributed by atoms with Gasteiger partial charge in [-0.25, -0.2) is 4.98 Å². The molecule has 3 rings (SSSR count). The normalized spacial score (nSPS) is 15.2. The highest BCUT2D eigenvalue weighted by Crippen LogP contribution is 2.27. The third kappa shape index (κ3) is 5.00. The minimum Gasteiger partial charge on any atom is -0.395 e. The molecule has 1 saturated carbocycles. The third-order valence-corrected chi connectivity index (χ3v) is 4.90. The summed E-state index contributed by atoms with van der Waals surface area (Å²) in [5, 5.41) is 9.03. The van der Waals surface area contributed by atoms with E-state index >= 15 is 0 Å². The fourth-order valence-electron chi connectivity index (χ4n) is 3.64. The summed E-state index contributed by atoms with van der Waals surface area (Å²) in [6.45, 7) is 1.53. The number of benzene rings is 1. The number of likely N-dealkylation sites (N-methyl/N-ethyl adjacent to an activating group) is 1. The molecule has 1 aromatic carbocycles. The molecule has 2 aromatic rings. The number of aromatic nitrogens is 2. The zero-order valence-electron chi connectivity index (χ0n) is 14.9. The van der Waals surface area contributed by atoms with Gasteiger partial charge in [-0.2, -0.15) is 0 Å². The molecule has 2 N–H and O–H groups in total. The van der Waals surface area contributed by atoms with E-state index in [9.17, 15) is 4.79 Å². The molecule has 5 heteroatoms. The number of rotatable bonds is 7. The van der Waals surface area contributed by atoms with E-state index in [0.717, 1.165) is 29.8 Å². The van der Waals surface area contributed by atoms with E-state index in [0.29, 0.717) is 18.3 Å². The largest absolute Gasteiger partial charge is 0.395 e. The van der Waals surface area contributed by atoms with Gasteiger partial charge in [0.2, 0.25) is 0 Å². The van der Waals surface area contributed by atoms with Gasteiger partial charge in [-0.15, -0.1) is 0 Å². The van der Waals surface area contributed by atoms with Crippen molar-refractivity contribution in [2.45, 2.75) is 38.6 Å². The Hall–Kier alpha value is -1.98. The summed E-state index contributed by atoms with van der Waals surface area (Å²) in [5.74, 6) is 1.31. The van der Waals surface area contributed by atoms with Crippen molar-refractivity contribution in [1.82, 2.24) is 14.9 Å². The maximum absolute atomic E-state index is 12.1. The fourth-order valence-corrected chi connectivity index (χ4v) is 3.64. The van der Waals surface area contributed by atoms with Crippen LogP contribution in [0.5, 0.6) is 0 Å². The molecule has 1 aromatic heterocycles. The first-order valence-electron chi connectivity index (χ1n) is 9.13. The van der Waals surface area contributed by atoms with Crippen molar-refractivity contribution in [3.8, 4) is 11.4 Å². The number of aliphatic hydroxyl groups excluding tert-OH is 1. The molecule has 1 heterocycles. The smallest absolute Gasteiger partial charge is 0.251 e. The molecule has 5 nitrogen and oxygen atoms in total. The van der Waals surface area contributed by atoms with Crippen molar-refractivity contribution < 1.29 is 5.11 Å². The van der Waals surface area contributed by atoms with E-state index < -0.39 is 0 Å². The molecule has 0 spiro atoms. The van der Waals surface area contributed by atoms with E-state index in [1.165, 1.54) is 25.7 Å². The highest BCUT2D eigenvalue weighted by atomic mass is 16.3. The molecule has 0 bridgehead atoms. The molecule has 0 aliphatic heterocycles.